The van der Waals surface area contributed by atoms with Crippen molar-refractivity contribution in [3.63, 3.8) is 0 Å². The van der Waals surface area contributed by atoms with Gasteiger partial charge < -0.3 is 5.32 Å². The number of nitrogens with one attached hydrogen (secondary N) is 1. The van der Waals surface area contributed by atoms with Gasteiger partial charge in [-0.1, -0.05) is 37.6 Å². The average Bonchev–Trinajstić information content (AvgIpc) is 2.37. The molecule has 1 N–H and O–H groups in total. The summed E-state index contributed by atoms with van der Waals surface area (Å²) in [6.07, 6.45) is 0. The van der Waals surface area contributed by atoms with Crippen LogP contribution in [0.5, 0.6) is 0 Å². The van der Waals surface area contributed by atoms with Gasteiger partial charge in [-0.3, -0.25) is 0 Å². The molecule has 2 aromatic carbocycles. The summed E-state index contributed by atoms with van der Waals surface area (Å²) in [5, 5.41) is 3.74. The highest BCUT2D eigenvalue weighted by atomic mass is 35.5. The monoisotopic (exact) mass is 295 g/mol. The smallest absolute Gasteiger partial charge is 0.133 e. The van der Waals surface area contributed by atoms with E-state index in [2.05, 4.69) is 19.2 Å². The zero-order valence-electron chi connectivity index (χ0n) is 11.4. The van der Waals surface area contributed by atoms with Crippen LogP contribution >= 0.6 is 11.6 Å². The lowest BCUT2D eigenvalue weighted by Gasteiger charge is -2.11. The summed E-state index contributed by atoms with van der Waals surface area (Å²) in [6.45, 7) is 4.82. The second-order valence-corrected chi connectivity index (χ2v) is 5.38. The molecule has 2 aromatic rings. The highest BCUT2D eigenvalue weighted by Gasteiger charge is 2.10. The van der Waals surface area contributed by atoms with Gasteiger partial charge in [-0.15, -0.1) is 0 Å². The van der Waals surface area contributed by atoms with Gasteiger partial charge in [-0.25, -0.2) is 8.78 Å². The first-order chi connectivity index (χ1) is 9.47. The molecule has 0 aliphatic rings. The third kappa shape index (κ3) is 3.56. The van der Waals surface area contributed by atoms with Crippen LogP contribution in [0, 0.1) is 11.6 Å². The topological polar surface area (TPSA) is 12.0 Å². The van der Waals surface area contributed by atoms with Crippen LogP contribution < -0.4 is 5.32 Å². The van der Waals surface area contributed by atoms with Crippen molar-refractivity contribution in [1.82, 2.24) is 5.32 Å². The van der Waals surface area contributed by atoms with Gasteiger partial charge in [0.25, 0.3) is 0 Å². The van der Waals surface area contributed by atoms with Gasteiger partial charge in [0.2, 0.25) is 0 Å². The lowest BCUT2D eigenvalue weighted by atomic mass is 10.0. The van der Waals surface area contributed by atoms with Crippen molar-refractivity contribution in [2.45, 2.75) is 26.4 Å². The fourth-order valence-corrected chi connectivity index (χ4v) is 2.22. The summed E-state index contributed by atoms with van der Waals surface area (Å²) < 4.78 is 26.7. The molecular weight excluding hydrogens is 280 g/mol. The van der Waals surface area contributed by atoms with Crippen LogP contribution in [0.2, 0.25) is 5.02 Å². The molecule has 106 valence electrons. The van der Waals surface area contributed by atoms with Crippen LogP contribution in [0.4, 0.5) is 8.78 Å². The Bertz CT molecular complexity index is 611. The SMILES string of the molecule is CC(C)NCc1ccc(-c2ccc(F)cc2F)c(Cl)c1. The molecule has 0 amide bonds. The van der Waals surface area contributed by atoms with E-state index in [1.165, 1.54) is 12.1 Å². The molecule has 4 heteroatoms. The maximum absolute atomic E-state index is 13.8. The Labute approximate surface area is 122 Å². The quantitative estimate of drug-likeness (QED) is 0.855. The number of hydrogen-bond acceptors (Lipinski definition) is 1. The molecule has 0 aliphatic carbocycles. The first-order valence-electron chi connectivity index (χ1n) is 6.44. The fourth-order valence-electron chi connectivity index (χ4n) is 1.92. The maximum Gasteiger partial charge on any atom is 0.133 e. The summed E-state index contributed by atoms with van der Waals surface area (Å²) in [7, 11) is 0. The third-order valence-electron chi connectivity index (χ3n) is 2.97. The molecule has 0 saturated carbocycles. The first kappa shape index (κ1) is 14.9. The number of halogens is 3. The Balaban J connectivity index is 2.29. The van der Waals surface area contributed by atoms with Crippen LogP contribution in [0.1, 0.15) is 19.4 Å². The largest absolute Gasteiger partial charge is 0.310 e. The minimum Gasteiger partial charge on any atom is -0.310 e. The summed E-state index contributed by atoms with van der Waals surface area (Å²) in [5.41, 5.74) is 1.90. The van der Waals surface area contributed by atoms with Gasteiger partial charge in [0.05, 0.1) is 0 Å². The molecule has 0 unspecified atom stereocenters. The Morgan fingerprint density at radius 2 is 1.75 bits per heavy atom. The highest BCUT2D eigenvalue weighted by Crippen LogP contribution is 2.31. The first-order valence-corrected chi connectivity index (χ1v) is 6.82. The Morgan fingerprint density at radius 3 is 2.35 bits per heavy atom. The molecule has 2 rings (SSSR count). The zero-order chi connectivity index (χ0) is 14.7. The van der Waals surface area contributed by atoms with E-state index in [-0.39, 0.29) is 0 Å². The van der Waals surface area contributed by atoms with E-state index in [1.54, 1.807) is 12.1 Å². The average molecular weight is 296 g/mol. The van der Waals surface area contributed by atoms with E-state index >= 15 is 0 Å². The second kappa shape index (κ2) is 6.33. The third-order valence-corrected chi connectivity index (χ3v) is 3.28. The van der Waals surface area contributed by atoms with E-state index in [1.807, 2.05) is 6.07 Å². The molecule has 0 aromatic heterocycles. The van der Waals surface area contributed by atoms with Crippen LogP contribution in [0.15, 0.2) is 36.4 Å². The second-order valence-electron chi connectivity index (χ2n) is 4.97. The minimum atomic E-state index is -0.611. The van der Waals surface area contributed by atoms with Crippen molar-refractivity contribution >= 4 is 11.6 Å². The molecule has 0 spiro atoms. The number of hydrogen-bond donors (Lipinski definition) is 1. The Kier molecular flexibility index (Phi) is 4.73. The van der Waals surface area contributed by atoms with Crippen molar-refractivity contribution in [3.05, 3.63) is 58.6 Å². The highest BCUT2D eigenvalue weighted by molar-refractivity contribution is 6.33. The minimum absolute atomic E-state index is 0.305. The number of rotatable bonds is 4. The van der Waals surface area contributed by atoms with E-state index in [9.17, 15) is 8.78 Å². The van der Waals surface area contributed by atoms with Gasteiger partial charge in [-0.05, 0) is 23.8 Å². The Hall–Kier alpha value is -1.45. The van der Waals surface area contributed by atoms with E-state index in [4.69, 9.17) is 11.6 Å². The molecule has 0 bridgehead atoms. The summed E-state index contributed by atoms with van der Waals surface area (Å²) in [5.74, 6) is -1.21. The van der Waals surface area contributed by atoms with Crippen molar-refractivity contribution < 1.29 is 8.78 Å². The van der Waals surface area contributed by atoms with Gasteiger partial charge in [0, 0.05) is 34.8 Å². The van der Waals surface area contributed by atoms with Gasteiger partial charge in [0.15, 0.2) is 0 Å². The lowest BCUT2D eigenvalue weighted by Crippen LogP contribution is -2.21. The van der Waals surface area contributed by atoms with Gasteiger partial charge >= 0.3 is 0 Å². The zero-order valence-corrected chi connectivity index (χ0v) is 12.1. The molecular formula is C16H16ClF2N. The van der Waals surface area contributed by atoms with E-state index in [0.29, 0.717) is 28.7 Å². The van der Waals surface area contributed by atoms with Gasteiger partial charge in [-0.2, -0.15) is 0 Å². The fraction of sp³-hybridized carbons (Fsp3) is 0.250. The normalized spacial score (nSPS) is 11.1. The summed E-state index contributed by atoms with van der Waals surface area (Å²) in [6, 6.07) is 9.31. The number of benzene rings is 2. The molecule has 0 aliphatic heterocycles. The van der Waals surface area contributed by atoms with E-state index in [0.717, 1.165) is 11.6 Å². The molecule has 0 radical (unpaired) electrons. The molecule has 0 saturated heterocycles. The van der Waals surface area contributed by atoms with Crippen LogP contribution in [0.3, 0.4) is 0 Å². The van der Waals surface area contributed by atoms with Crippen LogP contribution in [0.25, 0.3) is 11.1 Å². The molecule has 1 nitrogen and oxygen atoms in total. The predicted molar refractivity (Wildman–Crippen MR) is 78.8 cm³/mol. The van der Waals surface area contributed by atoms with Crippen molar-refractivity contribution in [2.75, 3.05) is 0 Å². The van der Waals surface area contributed by atoms with Gasteiger partial charge in [0.1, 0.15) is 11.6 Å². The maximum atomic E-state index is 13.8. The Morgan fingerprint density at radius 1 is 1.05 bits per heavy atom. The van der Waals surface area contributed by atoms with Crippen LogP contribution in [-0.2, 0) is 6.54 Å². The van der Waals surface area contributed by atoms with Crippen molar-refractivity contribution in [1.29, 1.82) is 0 Å². The molecule has 20 heavy (non-hydrogen) atoms. The predicted octanol–water partition coefficient (Wildman–Crippen LogP) is 4.78. The summed E-state index contributed by atoms with van der Waals surface area (Å²) in [4.78, 5) is 0. The summed E-state index contributed by atoms with van der Waals surface area (Å²) >= 11 is 6.20. The van der Waals surface area contributed by atoms with Crippen molar-refractivity contribution in [2.24, 2.45) is 0 Å². The van der Waals surface area contributed by atoms with Crippen LogP contribution in [-0.4, -0.2) is 6.04 Å². The lowest BCUT2D eigenvalue weighted by molar-refractivity contribution is 0.585. The molecule has 0 fully saturated rings. The molecule has 0 heterocycles. The molecule has 0 atom stereocenters. The van der Waals surface area contributed by atoms with E-state index < -0.39 is 11.6 Å². The standard InChI is InChI=1S/C16H16ClF2N/c1-10(2)20-9-11-3-5-13(15(17)7-11)14-6-4-12(18)8-16(14)19/h3-8,10,20H,9H2,1-2H3. The van der Waals surface area contributed by atoms with Crippen molar-refractivity contribution in [3.8, 4) is 11.1 Å².